The van der Waals surface area contributed by atoms with Crippen LogP contribution in [0.5, 0.6) is 0 Å². The number of pyridine rings is 1. The first-order chi connectivity index (χ1) is 18.0. The first-order valence-corrected chi connectivity index (χ1v) is 12.6. The third kappa shape index (κ3) is 4.75. The van der Waals surface area contributed by atoms with Crippen LogP contribution < -0.4 is 10.6 Å². The van der Waals surface area contributed by atoms with Crippen molar-refractivity contribution in [2.75, 3.05) is 18.9 Å². The summed E-state index contributed by atoms with van der Waals surface area (Å²) in [5.74, 6) is 1.13. The fourth-order valence-corrected chi connectivity index (χ4v) is 4.81. The molecule has 1 fully saturated rings. The van der Waals surface area contributed by atoms with Crippen molar-refractivity contribution in [2.45, 2.75) is 38.0 Å². The van der Waals surface area contributed by atoms with Gasteiger partial charge in [-0.2, -0.15) is 5.26 Å². The number of amides is 1. The molecule has 0 bridgehead atoms. The van der Waals surface area contributed by atoms with Gasteiger partial charge in [-0.15, -0.1) is 0 Å². The minimum absolute atomic E-state index is 0.113. The molecule has 2 unspecified atom stereocenters. The topological polar surface area (TPSA) is 104 Å². The molecule has 7 nitrogen and oxygen atoms in total. The van der Waals surface area contributed by atoms with Gasteiger partial charge in [0.2, 0.25) is 0 Å². The summed E-state index contributed by atoms with van der Waals surface area (Å²) >= 11 is 0. The maximum absolute atomic E-state index is 12.3. The predicted octanol–water partition coefficient (Wildman–Crippen LogP) is 5.46. The number of carbonyl (C=O) groups is 1. The molecule has 5 rings (SSSR count). The van der Waals surface area contributed by atoms with E-state index in [4.69, 9.17) is 0 Å². The molecule has 7 heteroatoms. The number of nitrogens with one attached hydrogen (secondary N) is 2. The van der Waals surface area contributed by atoms with Crippen molar-refractivity contribution >= 4 is 22.6 Å². The van der Waals surface area contributed by atoms with Crippen molar-refractivity contribution in [1.29, 1.82) is 5.26 Å². The van der Waals surface area contributed by atoms with E-state index in [0.717, 1.165) is 51.9 Å². The molecule has 2 aromatic heterocycles. The summed E-state index contributed by atoms with van der Waals surface area (Å²) in [5.41, 5.74) is 5.25. The monoisotopic (exact) mass is 490 g/mol. The molecule has 2 heterocycles. The zero-order chi connectivity index (χ0) is 26.0. The molecule has 186 valence electrons. The minimum atomic E-state index is -0.284. The van der Waals surface area contributed by atoms with E-state index in [1.807, 2.05) is 42.5 Å². The molecule has 4 aromatic rings. The molecule has 2 N–H and O–H groups in total. The molecule has 1 saturated carbocycles. The maximum Gasteiger partial charge on any atom is 0.251 e. The Labute approximate surface area is 217 Å². The number of benzene rings is 2. The van der Waals surface area contributed by atoms with Gasteiger partial charge in [0.25, 0.3) is 5.91 Å². The van der Waals surface area contributed by atoms with E-state index in [1.54, 1.807) is 25.6 Å². The predicted molar refractivity (Wildman–Crippen MR) is 145 cm³/mol. The molecule has 0 radical (unpaired) electrons. The van der Waals surface area contributed by atoms with Gasteiger partial charge < -0.3 is 10.6 Å². The summed E-state index contributed by atoms with van der Waals surface area (Å²) in [6.07, 6.45) is 5.15. The van der Waals surface area contributed by atoms with Crippen LogP contribution in [-0.4, -0.2) is 34.5 Å². The molecule has 1 aliphatic rings. The van der Waals surface area contributed by atoms with Crippen LogP contribution in [0.2, 0.25) is 0 Å². The van der Waals surface area contributed by atoms with E-state index in [9.17, 15) is 10.1 Å². The molecular formula is C30H30N6O. The minimum Gasteiger partial charge on any atom is -0.370 e. The van der Waals surface area contributed by atoms with Gasteiger partial charge in [0.1, 0.15) is 12.1 Å². The van der Waals surface area contributed by atoms with Crippen LogP contribution in [-0.2, 0) is 5.41 Å². The number of fused-ring (bicyclic) bond motifs is 1. The quantitative estimate of drug-likeness (QED) is 0.340. The van der Waals surface area contributed by atoms with Gasteiger partial charge >= 0.3 is 0 Å². The Kier molecular flexibility index (Phi) is 6.58. The number of para-hydroxylation sites is 1. The van der Waals surface area contributed by atoms with Gasteiger partial charge in [-0.3, -0.25) is 9.78 Å². The molecule has 2 atom stereocenters. The first-order valence-electron chi connectivity index (χ1n) is 12.6. The Balaban J connectivity index is 1.30. The second-order valence-corrected chi connectivity index (χ2v) is 9.89. The van der Waals surface area contributed by atoms with Crippen molar-refractivity contribution in [3.8, 4) is 17.3 Å². The molecule has 1 aliphatic carbocycles. The highest BCUT2D eigenvalue weighted by Crippen LogP contribution is 2.47. The van der Waals surface area contributed by atoms with Gasteiger partial charge in [0.05, 0.1) is 28.3 Å². The lowest BCUT2D eigenvalue weighted by Crippen LogP contribution is -2.19. The molecule has 2 aromatic carbocycles. The summed E-state index contributed by atoms with van der Waals surface area (Å²) in [5, 5.41) is 16.5. The average molecular weight is 491 g/mol. The van der Waals surface area contributed by atoms with Gasteiger partial charge in [0.15, 0.2) is 0 Å². The summed E-state index contributed by atoms with van der Waals surface area (Å²) in [4.78, 5) is 25.8. The van der Waals surface area contributed by atoms with E-state index in [-0.39, 0.29) is 23.2 Å². The van der Waals surface area contributed by atoms with Gasteiger partial charge in [-0.1, -0.05) is 56.3 Å². The van der Waals surface area contributed by atoms with E-state index < -0.39 is 0 Å². The van der Waals surface area contributed by atoms with Crippen LogP contribution in [0.25, 0.3) is 22.2 Å². The molecule has 0 spiro atoms. The SMILES string of the molecule is CNC(=O)c1ccnc2c(C(C)C(C)CNc3cc(-c4ccc(C5(C#N)CC5)cc4)ncn3)cccc12. The van der Waals surface area contributed by atoms with Crippen molar-refractivity contribution in [3.63, 3.8) is 0 Å². The first kappa shape index (κ1) is 24.4. The van der Waals surface area contributed by atoms with Crippen LogP contribution in [0.4, 0.5) is 5.82 Å². The number of hydrogen-bond acceptors (Lipinski definition) is 6. The highest BCUT2D eigenvalue weighted by Gasteiger charge is 2.44. The van der Waals surface area contributed by atoms with Crippen molar-refractivity contribution in [1.82, 2.24) is 20.3 Å². The number of rotatable bonds is 8. The Morgan fingerprint density at radius 2 is 1.86 bits per heavy atom. The zero-order valence-corrected chi connectivity index (χ0v) is 21.3. The Morgan fingerprint density at radius 3 is 2.57 bits per heavy atom. The van der Waals surface area contributed by atoms with Crippen LogP contribution in [0, 0.1) is 17.2 Å². The second-order valence-electron chi connectivity index (χ2n) is 9.89. The van der Waals surface area contributed by atoms with E-state index in [0.29, 0.717) is 12.1 Å². The number of anilines is 1. The number of carbonyl (C=O) groups excluding carboxylic acids is 1. The average Bonchev–Trinajstić information content (AvgIpc) is 3.76. The molecule has 1 amide bonds. The second kappa shape index (κ2) is 9.98. The third-order valence-electron chi connectivity index (χ3n) is 7.59. The zero-order valence-electron chi connectivity index (χ0n) is 21.3. The van der Waals surface area contributed by atoms with E-state index in [1.165, 1.54) is 0 Å². The number of nitriles is 1. The fraction of sp³-hybridized carbons (Fsp3) is 0.300. The molecule has 37 heavy (non-hydrogen) atoms. The lowest BCUT2D eigenvalue weighted by molar-refractivity contribution is 0.0964. The van der Waals surface area contributed by atoms with E-state index in [2.05, 4.69) is 51.6 Å². The lowest BCUT2D eigenvalue weighted by atomic mass is 9.87. The summed E-state index contributed by atoms with van der Waals surface area (Å²) < 4.78 is 0. The van der Waals surface area contributed by atoms with Crippen LogP contribution in [0.1, 0.15) is 54.1 Å². The summed E-state index contributed by atoms with van der Waals surface area (Å²) in [6.45, 7) is 5.10. The van der Waals surface area contributed by atoms with Crippen molar-refractivity contribution in [2.24, 2.45) is 5.92 Å². The smallest absolute Gasteiger partial charge is 0.251 e. The molecular weight excluding hydrogens is 460 g/mol. The van der Waals surface area contributed by atoms with Gasteiger partial charge in [-0.05, 0) is 41.9 Å². The van der Waals surface area contributed by atoms with Gasteiger partial charge in [0, 0.05) is 36.8 Å². The highest BCUT2D eigenvalue weighted by atomic mass is 16.1. The number of aromatic nitrogens is 3. The third-order valence-corrected chi connectivity index (χ3v) is 7.59. The fourth-order valence-electron chi connectivity index (χ4n) is 4.81. The van der Waals surface area contributed by atoms with Gasteiger partial charge in [-0.25, -0.2) is 9.97 Å². The lowest BCUT2D eigenvalue weighted by Gasteiger charge is -2.22. The van der Waals surface area contributed by atoms with Crippen LogP contribution >= 0.6 is 0 Å². The largest absolute Gasteiger partial charge is 0.370 e. The van der Waals surface area contributed by atoms with E-state index >= 15 is 0 Å². The maximum atomic E-state index is 12.3. The van der Waals surface area contributed by atoms with Crippen LogP contribution in [0.3, 0.4) is 0 Å². The van der Waals surface area contributed by atoms with Crippen molar-refractivity contribution < 1.29 is 4.79 Å². The standard InChI is InChI=1S/C30H30N6O/c1-19(20(2)23-5-4-6-24-25(29(37)32-3)11-14-33-28(23)24)16-34-27-15-26(35-18-36-27)21-7-9-22(10-8-21)30(17-31)12-13-30/h4-11,14-15,18-20H,12-13,16H2,1-3H3,(H,32,37)(H,34,35,36). The molecule has 0 saturated heterocycles. The Morgan fingerprint density at radius 1 is 1.08 bits per heavy atom. The normalized spacial score (nSPS) is 15.4. The number of nitrogens with zero attached hydrogens (tertiary/aromatic N) is 4. The number of hydrogen-bond donors (Lipinski definition) is 2. The summed E-state index contributed by atoms with van der Waals surface area (Å²) in [7, 11) is 1.64. The van der Waals surface area contributed by atoms with Crippen LogP contribution in [0.15, 0.2) is 67.1 Å². The Bertz CT molecular complexity index is 1490. The Hall–Kier alpha value is -4.31. The highest BCUT2D eigenvalue weighted by molar-refractivity contribution is 6.06. The summed E-state index contributed by atoms with van der Waals surface area (Å²) in [6, 6.07) is 20.3. The van der Waals surface area contributed by atoms with Crippen molar-refractivity contribution in [3.05, 3.63) is 83.8 Å². The molecule has 0 aliphatic heterocycles.